The number of amides is 1. The largest absolute Gasteiger partial charge is 0.416 e. The van der Waals surface area contributed by atoms with Crippen LogP contribution < -0.4 is 5.32 Å². The van der Waals surface area contributed by atoms with Crippen molar-refractivity contribution in [3.8, 4) is 0 Å². The van der Waals surface area contributed by atoms with Crippen molar-refractivity contribution >= 4 is 11.5 Å². The van der Waals surface area contributed by atoms with Gasteiger partial charge in [-0.15, -0.1) is 0 Å². The SMILES string of the molecule is C[C@]12CC[C@H]3CCC(CCc4cc(C(=O)NCC(O)C(F)(F)F)ccc43)[C@@H]1CC=C2c1cncc(F)c1. The van der Waals surface area contributed by atoms with E-state index in [0.717, 1.165) is 56.1 Å². The third kappa shape index (κ3) is 5.05. The highest BCUT2D eigenvalue weighted by Gasteiger charge is 2.47. The first-order valence-corrected chi connectivity index (χ1v) is 13.0. The molecule has 0 spiro atoms. The quantitative estimate of drug-likeness (QED) is 0.476. The van der Waals surface area contributed by atoms with Crippen molar-refractivity contribution in [2.24, 2.45) is 17.3 Å². The zero-order valence-electron chi connectivity index (χ0n) is 20.8. The van der Waals surface area contributed by atoms with Crippen LogP contribution in [0.3, 0.4) is 0 Å². The Bertz CT molecular complexity index is 1210. The van der Waals surface area contributed by atoms with E-state index in [4.69, 9.17) is 0 Å². The normalized spacial score (nSPS) is 28.2. The standard InChI is InChI=1S/C29H32F4N2O2/c1-28-11-10-17-2-3-18(24(28)8-9-25(28)21-13-22(30)15-34-14-21)4-5-19-12-20(6-7-23(17)19)27(37)35-16-26(36)29(31,32)33/h6-7,9,12-15,17-18,24,26,36H,2-5,8,10-11,16H2,1H3,(H,35,37)/t17-,18?,24+,26?,28+/m1/s1. The van der Waals surface area contributed by atoms with Crippen molar-refractivity contribution in [1.29, 1.82) is 0 Å². The molecule has 1 aromatic heterocycles. The van der Waals surface area contributed by atoms with Crippen LogP contribution in [0.5, 0.6) is 0 Å². The number of benzene rings is 1. The van der Waals surface area contributed by atoms with E-state index >= 15 is 0 Å². The molecule has 0 aliphatic heterocycles. The molecular weight excluding hydrogens is 484 g/mol. The molecule has 5 atom stereocenters. The van der Waals surface area contributed by atoms with Crippen molar-refractivity contribution in [3.05, 3.63) is 70.8 Å². The average molecular weight is 517 g/mol. The molecule has 198 valence electrons. The molecule has 8 heteroatoms. The number of hydrogen-bond acceptors (Lipinski definition) is 3. The monoisotopic (exact) mass is 516 g/mol. The van der Waals surface area contributed by atoms with Gasteiger partial charge in [0.2, 0.25) is 0 Å². The zero-order valence-corrected chi connectivity index (χ0v) is 20.8. The summed E-state index contributed by atoms with van der Waals surface area (Å²) in [6, 6.07) is 7.03. The topological polar surface area (TPSA) is 62.2 Å². The van der Waals surface area contributed by atoms with Gasteiger partial charge in [-0.2, -0.15) is 13.2 Å². The van der Waals surface area contributed by atoms with Gasteiger partial charge in [0.1, 0.15) is 5.82 Å². The molecule has 2 unspecified atom stereocenters. The fraction of sp³-hybridized carbons (Fsp3) is 0.517. The maximum Gasteiger partial charge on any atom is 0.416 e. The highest BCUT2D eigenvalue weighted by atomic mass is 19.4. The van der Waals surface area contributed by atoms with E-state index in [9.17, 15) is 27.5 Å². The lowest BCUT2D eigenvalue weighted by Crippen LogP contribution is -2.40. The Morgan fingerprint density at radius 1 is 1.19 bits per heavy atom. The first kappa shape index (κ1) is 25.9. The van der Waals surface area contributed by atoms with Crippen molar-refractivity contribution in [2.45, 2.75) is 70.1 Å². The van der Waals surface area contributed by atoms with E-state index in [-0.39, 0.29) is 11.2 Å². The van der Waals surface area contributed by atoms with Crippen LogP contribution in [-0.2, 0) is 6.42 Å². The molecule has 1 heterocycles. The van der Waals surface area contributed by atoms with Gasteiger partial charge in [-0.3, -0.25) is 9.78 Å². The number of aliphatic hydroxyl groups excluding tert-OH is 1. The second-order valence-electron chi connectivity index (χ2n) is 11.1. The van der Waals surface area contributed by atoms with Crippen LogP contribution in [0.1, 0.15) is 78.4 Å². The smallest absolute Gasteiger partial charge is 0.382 e. The third-order valence-electron chi connectivity index (χ3n) is 8.96. The molecule has 4 nitrogen and oxygen atoms in total. The number of aromatic nitrogens is 1. The number of fused-ring (bicyclic) bond motifs is 7. The van der Waals surface area contributed by atoms with Gasteiger partial charge in [0.05, 0.1) is 12.7 Å². The number of carbonyl (C=O) groups is 1. The summed E-state index contributed by atoms with van der Waals surface area (Å²) in [4.78, 5) is 16.6. The zero-order chi connectivity index (χ0) is 26.4. The van der Waals surface area contributed by atoms with Gasteiger partial charge >= 0.3 is 6.18 Å². The highest BCUT2D eigenvalue weighted by Crippen LogP contribution is 2.58. The van der Waals surface area contributed by atoms with Crippen LogP contribution >= 0.6 is 0 Å². The molecule has 2 aromatic rings. The van der Waals surface area contributed by atoms with E-state index in [1.165, 1.54) is 17.3 Å². The minimum atomic E-state index is -4.77. The van der Waals surface area contributed by atoms with Gasteiger partial charge in [-0.25, -0.2) is 4.39 Å². The van der Waals surface area contributed by atoms with Crippen LogP contribution in [-0.4, -0.2) is 34.8 Å². The number of carbonyl (C=O) groups excluding carboxylic acids is 1. The van der Waals surface area contributed by atoms with E-state index in [1.54, 1.807) is 18.3 Å². The second kappa shape index (κ2) is 9.86. The maximum absolute atomic E-state index is 14.0. The van der Waals surface area contributed by atoms with Crippen molar-refractivity contribution in [1.82, 2.24) is 10.3 Å². The number of alkyl halides is 3. The van der Waals surface area contributed by atoms with E-state index < -0.39 is 24.7 Å². The minimum absolute atomic E-state index is 0.0601. The number of halogens is 4. The molecule has 2 N–H and O–H groups in total. The van der Waals surface area contributed by atoms with Crippen LogP contribution in [0.15, 0.2) is 42.7 Å². The molecule has 1 aromatic carbocycles. The summed E-state index contributed by atoms with van der Waals surface area (Å²) in [7, 11) is 0. The summed E-state index contributed by atoms with van der Waals surface area (Å²) < 4.78 is 51.8. The highest BCUT2D eigenvalue weighted by molar-refractivity contribution is 5.94. The number of pyridine rings is 1. The van der Waals surface area contributed by atoms with Crippen LogP contribution in [0, 0.1) is 23.1 Å². The van der Waals surface area contributed by atoms with Gasteiger partial charge in [0, 0.05) is 11.8 Å². The number of nitrogens with zero attached hydrogens (tertiary/aromatic N) is 1. The molecule has 1 fully saturated rings. The molecular formula is C29H32F4N2O2. The van der Waals surface area contributed by atoms with Gasteiger partial charge in [-0.05, 0) is 109 Å². The molecule has 5 rings (SSSR count). The summed E-state index contributed by atoms with van der Waals surface area (Å²) in [6.07, 6.45) is 4.73. The van der Waals surface area contributed by atoms with Gasteiger partial charge in [0.25, 0.3) is 5.91 Å². The summed E-state index contributed by atoms with van der Waals surface area (Å²) >= 11 is 0. The lowest BCUT2D eigenvalue weighted by molar-refractivity contribution is -0.201. The number of aliphatic hydroxyl groups is 1. The molecule has 0 radical (unpaired) electrons. The third-order valence-corrected chi connectivity index (χ3v) is 8.96. The van der Waals surface area contributed by atoms with Crippen LogP contribution in [0.4, 0.5) is 17.6 Å². The van der Waals surface area contributed by atoms with Gasteiger partial charge in [0.15, 0.2) is 6.10 Å². The van der Waals surface area contributed by atoms with Crippen molar-refractivity contribution in [2.75, 3.05) is 6.54 Å². The Labute approximate surface area is 214 Å². The molecule has 2 bridgehead atoms. The maximum atomic E-state index is 14.0. The molecule has 1 amide bonds. The van der Waals surface area contributed by atoms with Crippen molar-refractivity contribution in [3.63, 3.8) is 0 Å². The molecule has 3 aliphatic carbocycles. The number of hydrogen-bond donors (Lipinski definition) is 2. The summed E-state index contributed by atoms with van der Waals surface area (Å²) in [5, 5.41) is 11.4. The van der Waals surface area contributed by atoms with Gasteiger partial charge < -0.3 is 10.4 Å². The second-order valence-corrected chi connectivity index (χ2v) is 11.1. The molecule has 3 aliphatic rings. The summed E-state index contributed by atoms with van der Waals surface area (Å²) in [6.45, 7) is 1.45. The summed E-state index contributed by atoms with van der Waals surface area (Å²) in [5.41, 5.74) is 4.62. The number of rotatable bonds is 4. The Kier molecular flexibility index (Phi) is 6.90. The Morgan fingerprint density at radius 2 is 2.00 bits per heavy atom. The first-order valence-electron chi connectivity index (χ1n) is 13.0. The Hall–Kier alpha value is -2.74. The number of nitrogens with one attached hydrogen (secondary N) is 1. The molecule has 37 heavy (non-hydrogen) atoms. The predicted molar refractivity (Wildman–Crippen MR) is 132 cm³/mol. The van der Waals surface area contributed by atoms with Crippen LogP contribution in [0.2, 0.25) is 0 Å². The van der Waals surface area contributed by atoms with Crippen LogP contribution in [0.25, 0.3) is 5.57 Å². The van der Waals surface area contributed by atoms with Crippen molar-refractivity contribution < 1.29 is 27.5 Å². The predicted octanol–water partition coefficient (Wildman–Crippen LogP) is 6.20. The molecule has 0 saturated heterocycles. The lowest BCUT2D eigenvalue weighted by atomic mass is 9.60. The van der Waals surface area contributed by atoms with Gasteiger partial charge in [-0.1, -0.05) is 19.1 Å². The fourth-order valence-corrected chi connectivity index (χ4v) is 6.98. The van der Waals surface area contributed by atoms with E-state index in [0.29, 0.717) is 23.3 Å². The average Bonchev–Trinajstić information content (AvgIpc) is 3.17. The first-order chi connectivity index (χ1) is 17.6. The van der Waals surface area contributed by atoms with E-state index in [2.05, 4.69) is 23.3 Å². The Balaban J connectivity index is 1.38. The summed E-state index contributed by atoms with van der Waals surface area (Å²) in [5.74, 6) is 0.314. The lowest BCUT2D eigenvalue weighted by Gasteiger charge is -2.44. The molecule has 1 saturated carbocycles. The number of allylic oxidation sites excluding steroid dienone is 2. The fourth-order valence-electron chi connectivity index (χ4n) is 6.98. The Morgan fingerprint density at radius 3 is 2.76 bits per heavy atom. The minimum Gasteiger partial charge on any atom is -0.382 e. The number of aryl methyl sites for hydroxylation is 1. The van der Waals surface area contributed by atoms with E-state index in [1.807, 2.05) is 12.1 Å².